The molecule has 1 aliphatic heterocycles. The van der Waals surface area contributed by atoms with E-state index in [9.17, 15) is 4.79 Å². The van der Waals surface area contributed by atoms with E-state index in [1.165, 1.54) is 5.56 Å². The highest BCUT2D eigenvalue weighted by Gasteiger charge is 2.47. The third kappa shape index (κ3) is 3.74. The molecular weight excluding hydrogens is 456 g/mol. The topological polar surface area (TPSA) is 82.2 Å². The number of rotatable bonds is 6. The summed E-state index contributed by atoms with van der Waals surface area (Å²) in [6, 6.07) is 10.2. The van der Waals surface area contributed by atoms with Gasteiger partial charge in [-0.1, -0.05) is 28.1 Å². The van der Waals surface area contributed by atoms with Crippen molar-refractivity contribution < 1.29 is 9.53 Å². The largest absolute Gasteiger partial charge is 0.383 e. The molecule has 1 saturated carbocycles. The third-order valence-corrected chi connectivity index (χ3v) is 7.21. The molecule has 0 unspecified atom stereocenters. The molecule has 1 aliphatic carbocycles. The second-order valence-electron chi connectivity index (χ2n) is 8.80. The minimum Gasteiger partial charge on any atom is -0.383 e. The fourth-order valence-electron chi connectivity index (χ4n) is 4.78. The van der Waals surface area contributed by atoms with Crippen LogP contribution in [0.4, 0.5) is 5.69 Å². The number of ether oxygens (including phenoxy) is 1. The second-order valence-corrected chi connectivity index (χ2v) is 9.71. The lowest BCUT2D eigenvalue weighted by Crippen LogP contribution is -2.22. The Bertz CT molecular complexity index is 1150. The molecule has 1 aromatic heterocycles. The molecule has 0 radical (unpaired) electrons. The molecule has 2 aromatic carbocycles. The SMILES string of the molecule is Cc1cc(C2(n3cnc4c(NCC5CCOCC5)cc(Br)cc43)CC2)ccc1C(N)=O. The van der Waals surface area contributed by atoms with E-state index in [1.54, 1.807) is 0 Å². The lowest BCUT2D eigenvalue weighted by Gasteiger charge is -2.23. The first-order chi connectivity index (χ1) is 15.0. The number of carbonyl (C=O) groups excluding carboxylic acids is 1. The van der Waals surface area contributed by atoms with Gasteiger partial charge in [0.2, 0.25) is 5.91 Å². The van der Waals surface area contributed by atoms with Gasteiger partial charge in [-0.3, -0.25) is 4.79 Å². The number of nitrogens with one attached hydrogen (secondary N) is 1. The Morgan fingerprint density at radius 2 is 2.06 bits per heavy atom. The number of primary amides is 1. The number of amides is 1. The second kappa shape index (κ2) is 7.95. The Morgan fingerprint density at radius 1 is 1.29 bits per heavy atom. The maximum atomic E-state index is 11.6. The van der Waals surface area contributed by atoms with Gasteiger partial charge in [0.15, 0.2) is 0 Å². The predicted octanol–water partition coefficient (Wildman–Crippen LogP) is 4.58. The molecule has 3 N–H and O–H groups in total. The number of aromatic nitrogens is 2. The molecule has 0 bridgehead atoms. The molecule has 2 heterocycles. The monoisotopic (exact) mass is 482 g/mol. The molecule has 162 valence electrons. The van der Waals surface area contributed by atoms with Crippen LogP contribution in [0.15, 0.2) is 41.1 Å². The summed E-state index contributed by atoms with van der Waals surface area (Å²) in [6.45, 7) is 4.58. The van der Waals surface area contributed by atoms with Crippen molar-refractivity contribution in [1.82, 2.24) is 9.55 Å². The standard InChI is InChI=1S/C24H27BrN4O2/c1-15-10-17(2-3-19(15)23(26)30)24(6-7-24)29-14-28-22-20(11-18(25)12-21(22)29)27-13-16-4-8-31-9-5-16/h2-3,10-12,14,16,27H,4-9,13H2,1H3,(H2,26,30). The fraction of sp³-hybridized carbons (Fsp3) is 0.417. The van der Waals surface area contributed by atoms with Crippen LogP contribution < -0.4 is 11.1 Å². The number of halogens is 1. The lowest BCUT2D eigenvalue weighted by atomic mass is 9.98. The normalized spacial score (nSPS) is 18.3. The van der Waals surface area contributed by atoms with Gasteiger partial charge in [-0.2, -0.15) is 0 Å². The number of carbonyl (C=O) groups is 1. The van der Waals surface area contributed by atoms with Gasteiger partial charge >= 0.3 is 0 Å². The third-order valence-electron chi connectivity index (χ3n) is 6.75. The molecule has 2 fully saturated rings. The molecule has 0 atom stereocenters. The highest BCUT2D eigenvalue weighted by molar-refractivity contribution is 9.10. The zero-order chi connectivity index (χ0) is 21.6. The summed E-state index contributed by atoms with van der Waals surface area (Å²) in [5.41, 5.74) is 11.2. The van der Waals surface area contributed by atoms with Crippen LogP contribution in [-0.4, -0.2) is 35.2 Å². The zero-order valence-corrected chi connectivity index (χ0v) is 19.2. The number of aryl methyl sites for hydroxylation is 1. The van der Waals surface area contributed by atoms with Gasteiger partial charge in [0, 0.05) is 29.8 Å². The van der Waals surface area contributed by atoms with Crippen molar-refractivity contribution in [2.45, 2.75) is 38.1 Å². The van der Waals surface area contributed by atoms with Crippen LogP contribution in [-0.2, 0) is 10.3 Å². The summed E-state index contributed by atoms with van der Waals surface area (Å²) in [5, 5.41) is 3.64. The van der Waals surface area contributed by atoms with Crippen molar-refractivity contribution in [1.29, 1.82) is 0 Å². The summed E-state index contributed by atoms with van der Waals surface area (Å²) < 4.78 is 8.81. The maximum Gasteiger partial charge on any atom is 0.248 e. The molecule has 0 spiro atoms. The Kier molecular flexibility index (Phi) is 5.26. The van der Waals surface area contributed by atoms with Crippen molar-refractivity contribution in [2.75, 3.05) is 25.1 Å². The van der Waals surface area contributed by atoms with E-state index in [2.05, 4.69) is 44.0 Å². The predicted molar refractivity (Wildman–Crippen MR) is 125 cm³/mol. The average Bonchev–Trinajstić information content (AvgIpc) is 3.45. The van der Waals surface area contributed by atoms with E-state index in [0.717, 1.165) is 72.2 Å². The van der Waals surface area contributed by atoms with Gasteiger partial charge in [0.25, 0.3) is 0 Å². The number of nitrogens with zero attached hydrogens (tertiary/aromatic N) is 2. The molecule has 31 heavy (non-hydrogen) atoms. The molecule has 3 aromatic rings. The van der Waals surface area contributed by atoms with Crippen LogP contribution >= 0.6 is 15.9 Å². The Balaban J connectivity index is 1.49. The van der Waals surface area contributed by atoms with Crippen molar-refractivity contribution in [3.63, 3.8) is 0 Å². The lowest BCUT2D eigenvalue weighted by molar-refractivity contribution is 0.0699. The van der Waals surface area contributed by atoms with E-state index in [1.807, 2.05) is 25.4 Å². The van der Waals surface area contributed by atoms with Gasteiger partial charge < -0.3 is 20.4 Å². The number of benzene rings is 2. The van der Waals surface area contributed by atoms with Gasteiger partial charge in [0.1, 0.15) is 5.52 Å². The Labute approximate surface area is 190 Å². The number of imidazole rings is 1. The highest BCUT2D eigenvalue weighted by atomic mass is 79.9. The average molecular weight is 483 g/mol. The summed E-state index contributed by atoms with van der Waals surface area (Å²) in [6.07, 6.45) is 6.25. The Morgan fingerprint density at radius 3 is 2.74 bits per heavy atom. The number of fused-ring (bicyclic) bond motifs is 1. The molecular formula is C24H27BrN4O2. The van der Waals surface area contributed by atoms with E-state index in [-0.39, 0.29) is 11.4 Å². The number of hydrogen-bond donors (Lipinski definition) is 2. The van der Waals surface area contributed by atoms with Crippen molar-refractivity contribution >= 4 is 38.6 Å². The van der Waals surface area contributed by atoms with E-state index >= 15 is 0 Å². The van der Waals surface area contributed by atoms with Crippen LogP contribution in [0.1, 0.15) is 47.2 Å². The molecule has 1 saturated heterocycles. The number of anilines is 1. The Hall–Kier alpha value is -2.38. The minimum absolute atomic E-state index is 0.117. The van der Waals surface area contributed by atoms with Crippen molar-refractivity contribution in [3.05, 3.63) is 57.8 Å². The summed E-state index contributed by atoms with van der Waals surface area (Å²) in [4.78, 5) is 16.4. The summed E-state index contributed by atoms with van der Waals surface area (Å²) >= 11 is 3.70. The van der Waals surface area contributed by atoms with E-state index in [0.29, 0.717) is 11.5 Å². The van der Waals surface area contributed by atoms with Crippen LogP contribution in [0.3, 0.4) is 0 Å². The molecule has 7 heteroatoms. The molecule has 5 rings (SSSR count). The van der Waals surface area contributed by atoms with Crippen LogP contribution in [0, 0.1) is 12.8 Å². The molecule has 1 amide bonds. The van der Waals surface area contributed by atoms with Crippen LogP contribution in [0.5, 0.6) is 0 Å². The fourth-order valence-corrected chi connectivity index (χ4v) is 5.22. The highest BCUT2D eigenvalue weighted by Crippen LogP contribution is 2.51. The van der Waals surface area contributed by atoms with E-state index in [4.69, 9.17) is 15.5 Å². The first-order valence-electron chi connectivity index (χ1n) is 10.9. The number of nitrogens with two attached hydrogens (primary N) is 1. The quantitative estimate of drug-likeness (QED) is 0.538. The maximum absolute atomic E-state index is 11.6. The van der Waals surface area contributed by atoms with Crippen molar-refractivity contribution in [2.24, 2.45) is 11.7 Å². The minimum atomic E-state index is -0.383. The van der Waals surface area contributed by atoms with Crippen molar-refractivity contribution in [3.8, 4) is 0 Å². The van der Waals surface area contributed by atoms with Gasteiger partial charge in [-0.15, -0.1) is 0 Å². The summed E-state index contributed by atoms with van der Waals surface area (Å²) in [7, 11) is 0. The number of hydrogen-bond acceptors (Lipinski definition) is 4. The van der Waals surface area contributed by atoms with Gasteiger partial charge in [-0.05, 0) is 67.9 Å². The van der Waals surface area contributed by atoms with Crippen LogP contribution in [0.2, 0.25) is 0 Å². The first kappa shape index (κ1) is 20.5. The van der Waals surface area contributed by atoms with E-state index < -0.39 is 0 Å². The smallest absolute Gasteiger partial charge is 0.248 e. The van der Waals surface area contributed by atoms with Crippen LogP contribution in [0.25, 0.3) is 11.0 Å². The van der Waals surface area contributed by atoms with Gasteiger partial charge in [-0.25, -0.2) is 4.98 Å². The zero-order valence-electron chi connectivity index (χ0n) is 17.7. The first-order valence-corrected chi connectivity index (χ1v) is 11.7. The molecule has 2 aliphatic rings. The summed E-state index contributed by atoms with van der Waals surface area (Å²) in [5.74, 6) is 0.248. The molecule has 6 nitrogen and oxygen atoms in total. The van der Waals surface area contributed by atoms with Gasteiger partial charge in [0.05, 0.1) is 23.1 Å².